The zero-order valence-corrected chi connectivity index (χ0v) is 16.9. The van der Waals surface area contributed by atoms with Crippen LogP contribution in [0, 0.1) is 13.8 Å². The van der Waals surface area contributed by atoms with Crippen LogP contribution in [0.5, 0.6) is 0 Å². The van der Waals surface area contributed by atoms with Gasteiger partial charge in [-0.2, -0.15) is 0 Å². The summed E-state index contributed by atoms with van der Waals surface area (Å²) in [7, 11) is -3.74. The van der Waals surface area contributed by atoms with Crippen LogP contribution in [0.15, 0.2) is 64.2 Å². The highest BCUT2D eigenvalue weighted by Crippen LogP contribution is 2.28. The van der Waals surface area contributed by atoms with Gasteiger partial charge < -0.3 is 5.32 Å². The lowest BCUT2D eigenvalue weighted by atomic mass is 10.1. The van der Waals surface area contributed by atoms with Crippen molar-refractivity contribution in [3.05, 3.63) is 71.1 Å². The minimum atomic E-state index is -3.74. The molecule has 0 amide bonds. The Hall–Kier alpha value is -2.97. The number of aryl methyl sites for hydroxylation is 2. The van der Waals surface area contributed by atoms with E-state index >= 15 is 0 Å². The van der Waals surface area contributed by atoms with E-state index in [4.69, 9.17) is 0 Å². The van der Waals surface area contributed by atoms with Crippen molar-refractivity contribution in [1.29, 1.82) is 0 Å². The lowest BCUT2D eigenvalue weighted by molar-refractivity contribution is 0.603. The second-order valence-electron chi connectivity index (χ2n) is 6.37. The predicted molar refractivity (Wildman–Crippen MR) is 114 cm³/mol. The van der Waals surface area contributed by atoms with Gasteiger partial charge in [0.15, 0.2) is 11.6 Å². The fourth-order valence-corrected chi connectivity index (χ4v) is 4.71. The van der Waals surface area contributed by atoms with E-state index in [0.29, 0.717) is 16.9 Å². The minimum Gasteiger partial charge on any atom is -0.337 e. The van der Waals surface area contributed by atoms with Gasteiger partial charge in [0.1, 0.15) is 4.21 Å². The number of para-hydroxylation sites is 2. The molecule has 2 aromatic carbocycles. The molecule has 0 atom stereocenters. The summed E-state index contributed by atoms with van der Waals surface area (Å²) in [4.78, 5) is 9.09. The summed E-state index contributed by atoms with van der Waals surface area (Å²) in [5.41, 5.74) is 4.39. The number of hydrogen-bond acceptors (Lipinski definition) is 6. The van der Waals surface area contributed by atoms with Crippen molar-refractivity contribution in [1.82, 2.24) is 9.97 Å². The fourth-order valence-electron chi connectivity index (χ4n) is 2.71. The van der Waals surface area contributed by atoms with Gasteiger partial charge in [-0.1, -0.05) is 24.3 Å². The van der Waals surface area contributed by atoms with Gasteiger partial charge in [-0.05, 0) is 60.7 Å². The third-order valence-corrected chi connectivity index (χ3v) is 7.07. The summed E-state index contributed by atoms with van der Waals surface area (Å²) in [5.74, 6) is 0.507. The number of nitrogens with zero attached hydrogens (tertiary/aromatic N) is 2. The van der Waals surface area contributed by atoms with E-state index in [-0.39, 0.29) is 10.0 Å². The van der Waals surface area contributed by atoms with Crippen LogP contribution in [-0.4, -0.2) is 18.4 Å². The first-order valence-electron chi connectivity index (χ1n) is 8.60. The second-order valence-corrected chi connectivity index (χ2v) is 9.23. The Morgan fingerprint density at radius 3 is 2.21 bits per heavy atom. The van der Waals surface area contributed by atoms with Gasteiger partial charge in [-0.25, -0.2) is 18.4 Å². The van der Waals surface area contributed by atoms with Crippen LogP contribution < -0.4 is 10.0 Å². The first-order valence-corrected chi connectivity index (χ1v) is 11.0. The molecule has 2 heterocycles. The van der Waals surface area contributed by atoms with Crippen molar-refractivity contribution in [2.24, 2.45) is 0 Å². The van der Waals surface area contributed by atoms with Gasteiger partial charge in [0, 0.05) is 5.69 Å². The van der Waals surface area contributed by atoms with Crippen molar-refractivity contribution >= 4 is 49.7 Å². The fraction of sp³-hybridized carbons (Fsp3) is 0.100. The van der Waals surface area contributed by atoms with Crippen LogP contribution in [0.25, 0.3) is 11.0 Å². The number of aromatic nitrogens is 2. The van der Waals surface area contributed by atoms with Gasteiger partial charge in [0.2, 0.25) is 0 Å². The molecule has 2 aromatic heterocycles. The smallest absolute Gasteiger partial charge is 0.272 e. The molecule has 0 unspecified atom stereocenters. The molecule has 0 aliphatic carbocycles. The Bertz CT molecular complexity index is 1250. The van der Waals surface area contributed by atoms with Crippen molar-refractivity contribution in [3.8, 4) is 0 Å². The lowest BCUT2D eigenvalue weighted by Crippen LogP contribution is -2.15. The van der Waals surface area contributed by atoms with E-state index in [9.17, 15) is 8.42 Å². The Morgan fingerprint density at radius 2 is 1.57 bits per heavy atom. The molecule has 0 aliphatic rings. The summed E-state index contributed by atoms with van der Waals surface area (Å²) in [5, 5.41) is 4.92. The number of sulfonamides is 1. The number of benzene rings is 2. The molecular formula is C20H18N4O2S2. The zero-order valence-electron chi connectivity index (χ0n) is 15.3. The van der Waals surface area contributed by atoms with Crippen LogP contribution in [0.4, 0.5) is 17.3 Å². The van der Waals surface area contributed by atoms with Crippen LogP contribution in [0.1, 0.15) is 11.1 Å². The lowest BCUT2D eigenvalue weighted by Gasteiger charge is -2.14. The van der Waals surface area contributed by atoms with Crippen LogP contribution in [0.2, 0.25) is 0 Å². The highest BCUT2D eigenvalue weighted by Gasteiger charge is 2.20. The quantitative estimate of drug-likeness (QED) is 0.491. The molecule has 0 bridgehead atoms. The standard InChI is InChI=1S/C20H18N4O2S2/c1-13-9-10-15(12-14(13)2)21-19-20(23-17-7-4-3-6-16(17)22-19)24-28(25,26)18-8-5-11-27-18/h3-12H,1-2H3,(H,21,22)(H,23,24). The third-order valence-electron chi connectivity index (χ3n) is 4.33. The molecule has 6 nitrogen and oxygen atoms in total. The van der Waals surface area contributed by atoms with Gasteiger partial charge in [0.25, 0.3) is 10.0 Å². The first-order chi connectivity index (χ1) is 13.4. The molecule has 142 valence electrons. The van der Waals surface area contributed by atoms with Crippen molar-refractivity contribution in [2.75, 3.05) is 10.0 Å². The Kier molecular flexibility index (Phi) is 4.74. The van der Waals surface area contributed by atoms with E-state index in [0.717, 1.165) is 22.6 Å². The first kappa shape index (κ1) is 18.4. The zero-order chi connectivity index (χ0) is 19.7. The summed E-state index contributed by atoms with van der Waals surface area (Å²) < 4.78 is 28.2. The molecule has 0 aliphatic heterocycles. The minimum absolute atomic E-state index is 0.158. The molecular weight excluding hydrogens is 392 g/mol. The molecule has 0 radical (unpaired) electrons. The largest absolute Gasteiger partial charge is 0.337 e. The molecule has 8 heteroatoms. The van der Waals surface area contributed by atoms with Crippen molar-refractivity contribution in [2.45, 2.75) is 18.1 Å². The van der Waals surface area contributed by atoms with Crippen LogP contribution in [0.3, 0.4) is 0 Å². The number of nitrogens with one attached hydrogen (secondary N) is 2. The Morgan fingerprint density at radius 1 is 0.857 bits per heavy atom. The maximum atomic E-state index is 12.7. The van der Waals surface area contributed by atoms with Gasteiger partial charge in [-0.3, -0.25) is 4.72 Å². The summed E-state index contributed by atoms with van der Waals surface area (Å²) in [6, 6.07) is 16.5. The third kappa shape index (κ3) is 3.69. The molecule has 28 heavy (non-hydrogen) atoms. The molecule has 4 rings (SSSR count). The van der Waals surface area contributed by atoms with E-state index < -0.39 is 10.0 Å². The molecule has 0 saturated heterocycles. The van der Waals surface area contributed by atoms with E-state index in [1.54, 1.807) is 23.6 Å². The van der Waals surface area contributed by atoms with Crippen LogP contribution in [-0.2, 0) is 10.0 Å². The maximum absolute atomic E-state index is 12.7. The molecule has 0 spiro atoms. The average molecular weight is 411 g/mol. The van der Waals surface area contributed by atoms with E-state index in [2.05, 4.69) is 20.0 Å². The van der Waals surface area contributed by atoms with Gasteiger partial charge >= 0.3 is 0 Å². The molecule has 0 saturated carbocycles. The highest BCUT2D eigenvalue weighted by molar-refractivity contribution is 7.94. The molecule has 2 N–H and O–H groups in total. The SMILES string of the molecule is Cc1ccc(Nc2nc3ccccc3nc2NS(=O)(=O)c2cccs2)cc1C. The van der Waals surface area contributed by atoms with E-state index in [1.807, 2.05) is 50.2 Å². The van der Waals surface area contributed by atoms with Gasteiger partial charge in [0.05, 0.1) is 11.0 Å². The van der Waals surface area contributed by atoms with Gasteiger partial charge in [-0.15, -0.1) is 11.3 Å². The van der Waals surface area contributed by atoms with Crippen molar-refractivity contribution < 1.29 is 8.42 Å². The van der Waals surface area contributed by atoms with Crippen LogP contribution >= 0.6 is 11.3 Å². The monoisotopic (exact) mass is 410 g/mol. The topological polar surface area (TPSA) is 84.0 Å². The predicted octanol–water partition coefficient (Wildman–Crippen LogP) is 4.85. The number of rotatable bonds is 5. The molecule has 0 fully saturated rings. The summed E-state index contributed by atoms with van der Waals surface area (Å²) >= 11 is 1.15. The average Bonchev–Trinajstić information content (AvgIpc) is 3.21. The van der Waals surface area contributed by atoms with E-state index in [1.165, 1.54) is 5.56 Å². The number of thiophene rings is 1. The number of fused-ring (bicyclic) bond motifs is 1. The van der Waals surface area contributed by atoms with Crippen molar-refractivity contribution in [3.63, 3.8) is 0 Å². The Labute approximate surface area is 167 Å². The number of anilines is 3. The maximum Gasteiger partial charge on any atom is 0.272 e. The Balaban J connectivity index is 1.79. The molecule has 4 aromatic rings. The number of hydrogen-bond donors (Lipinski definition) is 2. The summed E-state index contributed by atoms with van der Waals surface area (Å²) in [6.45, 7) is 4.06. The summed E-state index contributed by atoms with van der Waals surface area (Å²) in [6.07, 6.45) is 0. The normalized spacial score (nSPS) is 11.5. The highest BCUT2D eigenvalue weighted by atomic mass is 32.2. The second kappa shape index (κ2) is 7.21.